The van der Waals surface area contributed by atoms with E-state index in [1.165, 1.54) is 12.1 Å². The highest BCUT2D eigenvalue weighted by Crippen LogP contribution is 2.10. The fourth-order valence-electron chi connectivity index (χ4n) is 2.43. The van der Waals surface area contributed by atoms with Gasteiger partial charge < -0.3 is 21.3 Å². The number of hydrogen-bond acceptors (Lipinski definition) is 6. The molecule has 29 heavy (non-hydrogen) atoms. The van der Waals surface area contributed by atoms with Crippen LogP contribution in [0.4, 0.5) is 0 Å². The summed E-state index contributed by atoms with van der Waals surface area (Å²) in [5.74, 6) is -3.19. The van der Waals surface area contributed by atoms with Crippen LogP contribution in [0.15, 0.2) is 29.2 Å². The van der Waals surface area contributed by atoms with Gasteiger partial charge in [-0.25, -0.2) is 17.9 Å². The summed E-state index contributed by atoms with van der Waals surface area (Å²) in [6.45, 7) is 2.02. The number of unbranched alkanes of at least 4 members (excludes halogenated alkanes) is 1. The summed E-state index contributed by atoms with van der Waals surface area (Å²) in [6, 6.07) is 4.13. The zero-order chi connectivity index (χ0) is 22.0. The van der Waals surface area contributed by atoms with Gasteiger partial charge in [0.15, 0.2) is 0 Å². The van der Waals surface area contributed by atoms with Gasteiger partial charge in [-0.3, -0.25) is 9.59 Å². The zero-order valence-electron chi connectivity index (χ0n) is 16.1. The third-order valence-electron chi connectivity index (χ3n) is 4.16. The van der Waals surface area contributed by atoms with E-state index in [1.54, 1.807) is 12.1 Å². The number of carboxylic acid groups (broad SMARTS) is 2. The van der Waals surface area contributed by atoms with Crippen molar-refractivity contribution in [3.05, 3.63) is 29.8 Å². The van der Waals surface area contributed by atoms with Crippen molar-refractivity contribution in [3.8, 4) is 0 Å². The quantitative estimate of drug-likeness (QED) is 0.276. The van der Waals surface area contributed by atoms with Gasteiger partial charge in [-0.15, -0.1) is 0 Å². The Bertz CT molecular complexity index is 809. The lowest BCUT2D eigenvalue weighted by molar-refractivity contribution is -0.143. The molecule has 0 aliphatic rings. The number of aliphatic carboxylic acids is 2. The first-order chi connectivity index (χ1) is 13.5. The number of benzene rings is 1. The number of nitrogens with two attached hydrogens (primary N) is 1. The first-order valence-electron chi connectivity index (χ1n) is 9.10. The van der Waals surface area contributed by atoms with Crippen LogP contribution in [-0.4, -0.2) is 55.1 Å². The Hall–Kier alpha value is -2.50. The summed E-state index contributed by atoms with van der Waals surface area (Å²) in [4.78, 5) is 33.8. The van der Waals surface area contributed by atoms with Gasteiger partial charge in [0.25, 0.3) is 0 Å². The van der Waals surface area contributed by atoms with E-state index in [0.717, 1.165) is 5.56 Å². The van der Waals surface area contributed by atoms with E-state index >= 15 is 0 Å². The van der Waals surface area contributed by atoms with Gasteiger partial charge >= 0.3 is 11.9 Å². The molecule has 1 aromatic carbocycles. The van der Waals surface area contributed by atoms with Crippen molar-refractivity contribution in [3.63, 3.8) is 0 Å². The van der Waals surface area contributed by atoms with E-state index in [9.17, 15) is 22.8 Å². The van der Waals surface area contributed by atoms with Crippen LogP contribution in [0.5, 0.6) is 0 Å². The molecule has 6 N–H and O–H groups in total. The van der Waals surface area contributed by atoms with Crippen molar-refractivity contribution in [2.24, 2.45) is 5.73 Å². The van der Waals surface area contributed by atoms with Gasteiger partial charge in [0, 0.05) is 13.0 Å². The number of hydrogen-bond donors (Lipinski definition) is 5. The van der Waals surface area contributed by atoms with E-state index in [1.807, 2.05) is 6.92 Å². The molecule has 0 heterocycles. The molecule has 0 saturated carbocycles. The second kappa shape index (κ2) is 11.5. The van der Waals surface area contributed by atoms with Crippen molar-refractivity contribution in [1.29, 1.82) is 0 Å². The Balaban J connectivity index is 2.37. The molecule has 0 aromatic heterocycles. The van der Waals surface area contributed by atoms with Crippen LogP contribution in [-0.2, 0) is 24.4 Å². The molecule has 0 unspecified atom stereocenters. The molecule has 0 saturated heterocycles. The van der Waals surface area contributed by atoms with Crippen LogP contribution in [0.2, 0.25) is 0 Å². The number of carbonyl (C=O) groups is 3. The summed E-state index contributed by atoms with van der Waals surface area (Å²) in [5, 5.41) is 19.9. The fraction of sp³-hybridized carbons (Fsp3) is 0.500. The Kier molecular flexibility index (Phi) is 9.72. The number of nitrogens with one attached hydrogen (secondary N) is 2. The van der Waals surface area contributed by atoms with Gasteiger partial charge in [-0.1, -0.05) is 24.1 Å². The number of carbonyl (C=O) groups excluding carboxylic acids is 1. The van der Waals surface area contributed by atoms with Gasteiger partial charge in [-0.05, 0) is 38.3 Å². The lowest BCUT2D eigenvalue weighted by Gasteiger charge is -2.17. The number of rotatable bonds is 13. The fourth-order valence-corrected chi connectivity index (χ4v) is 3.51. The van der Waals surface area contributed by atoms with Crippen LogP contribution in [0.1, 0.15) is 37.7 Å². The average molecular weight is 429 g/mol. The minimum absolute atomic E-state index is 0.167. The van der Waals surface area contributed by atoms with Gasteiger partial charge in [-0.2, -0.15) is 0 Å². The summed E-state index contributed by atoms with van der Waals surface area (Å²) in [5.41, 5.74) is 6.68. The van der Waals surface area contributed by atoms with Crippen molar-refractivity contribution < 1.29 is 33.0 Å². The van der Waals surface area contributed by atoms with E-state index in [-0.39, 0.29) is 24.3 Å². The SMILES string of the molecule is Cc1ccc(S(=O)(=O)NCCCC[C@H](N)C(=O)N[C@@H](CCC(=O)O)C(=O)O)cc1. The molecule has 0 spiro atoms. The maximum Gasteiger partial charge on any atom is 0.326 e. The molecule has 1 amide bonds. The molecular weight excluding hydrogens is 402 g/mol. The van der Waals surface area contributed by atoms with Crippen LogP contribution < -0.4 is 15.8 Å². The largest absolute Gasteiger partial charge is 0.481 e. The highest BCUT2D eigenvalue weighted by Gasteiger charge is 2.23. The molecule has 11 heteroatoms. The van der Waals surface area contributed by atoms with Gasteiger partial charge in [0.1, 0.15) is 6.04 Å². The molecule has 0 aliphatic heterocycles. The normalized spacial score (nSPS) is 13.4. The molecular formula is C18H27N3O7S. The monoisotopic (exact) mass is 429 g/mol. The lowest BCUT2D eigenvalue weighted by atomic mass is 10.1. The predicted molar refractivity (Wildman–Crippen MR) is 105 cm³/mol. The minimum Gasteiger partial charge on any atom is -0.481 e. The van der Waals surface area contributed by atoms with E-state index in [2.05, 4.69) is 10.0 Å². The molecule has 162 valence electrons. The number of carboxylic acids is 2. The van der Waals surface area contributed by atoms with E-state index in [4.69, 9.17) is 15.9 Å². The molecule has 10 nitrogen and oxygen atoms in total. The van der Waals surface area contributed by atoms with Crippen LogP contribution in [0, 0.1) is 6.92 Å². The lowest BCUT2D eigenvalue weighted by Crippen LogP contribution is -2.48. The summed E-state index contributed by atoms with van der Waals surface area (Å²) >= 11 is 0. The van der Waals surface area contributed by atoms with Crippen molar-refractivity contribution in [1.82, 2.24) is 10.0 Å². The first kappa shape index (κ1) is 24.5. The van der Waals surface area contributed by atoms with Crippen LogP contribution in [0.3, 0.4) is 0 Å². The molecule has 0 bridgehead atoms. The van der Waals surface area contributed by atoms with E-state index in [0.29, 0.717) is 12.8 Å². The summed E-state index contributed by atoms with van der Waals surface area (Å²) < 4.78 is 26.8. The maximum atomic E-state index is 12.1. The number of amides is 1. The average Bonchev–Trinajstić information content (AvgIpc) is 2.64. The van der Waals surface area contributed by atoms with Crippen LogP contribution >= 0.6 is 0 Å². The molecule has 0 radical (unpaired) electrons. The Morgan fingerprint density at radius 2 is 1.69 bits per heavy atom. The van der Waals surface area contributed by atoms with Crippen LogP contribution in [0.25, 0.3) is 0 Å². The zero-order valence-corrected chi connectivity index (χ0v) is 16.9. The minimum atomic E-state index is -3.61. The third-order valence-corrected chi connectivity index (χ3v) is 5.64. The Morgan fingerprint density at radius 1 is 1.07 bits per heavy atom. The molecule has 0 fully saturated rings. The third kappa shape index (κ3) is 9.03. The molecule has 2 atom stereocenters. The summed E-state index contributed by atoms with van der Waals surface area (Å²) in [7, 11) is -3.61. The Morgan fingerprint density at radius 3 is 2.24 bits per heavy atom. The standard InChI is InChI=1S/C18H27N3O7S/c1-12-5-7-13(8-6-12)29(27,28)20-11-3-2-4-14(19)17(24)21-15(18(25)26)9-10-16(22)23/h5-8,14-15,20H,2-4,9-11,19H2,1H3,(H,21,24)(H,22,23)(H,25,26)/t14-,15-/m0/s1. The second-order valence-electron chi connectivity index (χ2n) is 6.64. The first-order valence-corrected chi connectivity index (χ1v) is 10.6. The molecule has 1 aromatic rings. The van der Waals surface area contributed by atoms with Crippen molar-refractivity contribution in [2.45, 2.75) is 56.0 Å². The summed E-state index contributed by atoms with van der Waals surface area (Å²) in [6.07, 6.45) is 0.464. The van der Waals surface area contributed by atoms with Gasteiger partial charge in [0.2, 0.25) is 15.9 Å². The maximum absolute atomic E-state index is 12.1. The van der Waals surface area contributed by atoms with Gasteiger partial charge in [0.05, 0.1) is 10.9 Å². The topological polar surface area (TPSA) is 176 Å². The van der Waals surface area contributed by atoms with Crippen molar-refractivity contribution in [2.75, 3.05) is 6.54 Å². The predicted octanol–water partition coefficient (Wildman–Crippen LogP) is 0.205. The number of aryl methyl sites for hydroxylation is 1. The highest BCUT2D eigenvalue weighted by atomic mass is 32.2. The smallest absolute Gasteiger partial charge is 0.326 e. The second-order valence-corrected chi connectivity index (χ2v) is 8.41. The molecule has 0 aliphatic carbocycles. The molecule has 1 rings (SSSR count). The van der Waals surface area contributed by atoms with Crippen molar-refractivity contribution >= 4 is 27.9 Å². The number of sulfonamides is 1. The van der Waals surface area contributed by atoms with E-state index < -0.39 is 46.4 Å². The Labute approximate surface area is 169 Å². The highest BCUT2D eigenvalue weighted by molar-refractivity contribution is 7.89.